The van der Waals surface area contributed by atoms with Crippen molar-refractivity contribution in [3.63, 3.8) is 0 Å². The van der Waals surface area contributed by atoms with Crippen LogP contribution in [-0.4, -0.2) is 18.0 Å². The number of hydrogen-bond acceptors (Lipinski definition) is 6. The zero-order valence-corrected chi connectivity index (χ0v) is 15.9. The van der Waals surface area contributed by atoms with Crippen molar-refractivity contribution >= 4 is 23.3 Å². The van der Waals surface area contributed by atoms with Crippen LogP contribution in [0.3, 0.4) is 0 Å². The van der Waals surface area contributed by atoms with Gasteiger partial charge in [0.1, 0.15) is 11.5 Å². The average molecular weight is 400 g/mol. The SMILES string of the molecule is COc1ccccc1/C(C#N)=C\c1cccc(OC(=O)c2cccc([N+](=O)[O-])c2)c1. The van der Waals surface area contributed by atoms with Crippen LogP contribution in [0.4, 0.5) is 5.69 Å². The molecule has 0 heterocycles. The third-order valence-corrected chi connectivity index (χ3v) is 4.19. The standard InChI is InChI=1S/C23H16N2O5/c1-29-22-11-3-2-10-21(22)18(15-24)12-16-6-4-9-20(13-16)30-23(26)17-7-5-8-19(14-17)25(27)28/h2-14H,1H3/b18-12-. The molecule has 0 aliphatic heterocycles. The average Bonchev–Trinajstić information content (AvgIpc) is 2.77. The fraction of sp³-hybridized carbons (Fsp3) is 0.0435. The van der Waals surface area contributed by atoms with E-state index in [1.54, 1.807) is 48.5 Å². The van der Waals surface area contributed by atoms with Gasteiger partial charge in [0.05, 0.1) is 29.2 Å². The molecule has 7 heteroatoms. The van der Waals surface area contributed by atoms with Crippen molar-refractivity contribution in [2.75, 3.05) is 7.11 Å². The number of nitrogens with zero attached hydrogens (tertiary/aromatic N) is 2. The number of non-ortho nitro benzene ring substituents is 1. The fourth-order valence-electron chi connectivity index (χ4n) is 2.78. The molecular formula is C23H16N2O5. The topological polar surface area (TPSA) is 102 Å². The predicted octanol–water partition coefficient (Wildman–Crippen LogP) is 4.89. The van der Waals surface area contributed by atoms with Crippen LogP contribution in [-0.2, 0) is 0 Å². The van der Waals surface area contributed by atoms with E-state index in [0.717, 1.165) is 6.07 Å². The minimum atomic E-state index is -0.718. The van der Waals surface area contributed by atoms with Gasteiger partial charge in [0, 0.05) is 17.7 Å². The number of nitriles is 1. The van der Waals surface area contributed by atoms with Crippen LogP contribution in [0.25, 0.3) is 11.6 Å². The number of benzene rings is 3. The smallest absolute Gasteiger partial charge is 0.343 e. The molecule has 3 aromatic rings. The summed E-state index contributed by atoms with van der Waals surface area (Å²) in [4.78, 5) is 22.7. The molecule has 0 aromatic heterocycles. The second-order valence-corrected chi connectivity index (χ2v) is 6.14. The molecule has 0 fully saturated rings. The Labute approximate surface area is 172 Å². The number of hydrogen-bond donors (Lipinski definition) is 0. The lowest BCUT2D eigenvalue weighted by Crippen LogP contribution is -2.08. The molecule has 148 valence electrons. The first-order valence-electron chi connectivity index (χ1n) is 8.83. The Balaban J connectivity index is 1.86. The number of nitro benzene ring substituents is 1. The number of allylic oxidation sites excluding steroid dienone is 1. The highest BCUT2D eigenvalue weighted by molar-refractivity contribution is 5.93. The van der Waals surface area contributed by atoms with Gasteiger partial charge >= 0.3 is 5.97 Å². The third kappa shape index (κ3) is 4.69. The van der Waals surface area contributed by atoms with Gasteiger partial charge in [-0.3, -0.25) is 10.1 Å². The van der Waals surface area contributed by atoms with Gasteiger partial charge < -0.3 is 9.47 Å². The monoisotopic (exact) mass is 400 g/mol. The molecule has 3 rings (SSSR count). The van der Waals surface area contributed by atoms with E-state index in [9.17, 15) is 20.2 Å². The van der Waals surface area contributed by atoms with Gasteiger partial charge in [-0.25, -0.2) is 4.79 Å². The molecule has 0 unspecified atom stereocenters. The van der Waals surface area contributed by atoms with E-state index in [2.05, 4.69) is 6.07 Å². The lowest BCUT2D eigenvalue weighted by Gasteiger charge is -2.08. The first-order chi connectivity index (χ1) is 14.5. The quantitative estimate of drug-likeness (QED) is 0.146. The summed E-state index contributed by atoms with van der Waals surface area (Å²) in [5.41, 5.74) is 1.53. The number of para-hydroxylation sites is 1. The summed E-state index contributed by atoms with van der Waals surface area (Å²) in [6, 6.07) is 21.2. The first kappa shape index (κ1) is 20.3. The maximum atomic E-state index is 12.4. The van der Waals surface area contributed by atoms with E-state index in [-0.39, 0.29) is 17.0 Å². The molecule has 7 nitrogen and oxygen atoms in total. The number of ether oxygens (including phenoxy) is 2. The van der Waals surface area contributed by atoms with Gasteiger partial charge in [-0.15, -0.1) is 0 Å². The van der Waals surface area contributed by atoms with Crippen molar-refractivity contribution in [3.05, 3.63) is 99.6 Å². The Morgan fingerprint density at radius 3 is 2.57 bits per heavy atom. The second-order valence-electron chi connectivity index (χ2n) is 6.14. The normalized spacial score (nSPS) is 10.7. The number of methoxy groups -OCH3 is 1. The Hall–Kier alpha value is -4.44. The molecule has 30 heavy (non-hydrogen) atoms. The summed E-state index contributed by atoms with van der Waals surface area (Å²) in [5.74, 6) is 0.0983. The van der Waals surface area contributed by atoms with Crippen molar-refractivity contribution in [1.29, 1.82) is 5.26 Å². The molecule has 0 radical (unpaired) electrons. The molecule has 0 aliphatic rings. The molecule has 3 aromatic carbocycles. The summed E-state index contributed by atoms with van der Waals surface area (Å²) >= 11 is 0. The van der Waals surface area contributed by atoms with Crippen LogP contribution in [0.2, 0.25) is 0 Å². The van der Waals surface area contributed by atoms with Crippen molar-refractivity contribution in [3.8, 4) is 17.6 Å². The summed E-state index contributed by atoms with van der Waals surface area (Å²) in [5, 5.41) is 20.5. The fourth-order valence-corrected chi connectivity index (χ4v) is 2.78. The van der Waals surface area contributed by atoms with Crippen LogP contribution in [0.1, 0.15) is 21.5 Å². The van der Waals surface area contributed by atoms with Crippen LogP contribution >= 0.6 is 0 Å². The summed E-state index contributed by atoms with van der Waals surface area (Å²) in [7, 11) is 1.53. The Bertz CT molecular complexity index is 1180. The van der Waals surface area contributed by atoms with Gasteiger partial charge in [0.25, 0.3) is 5.69 Å². The van der Waals surface area contributed by atoms with Gasteiger partial charge in [-0.05, 0) is 42.0 Å². The van der Waals surface area contributed by atoms with Gasteiger partial charge in [0.2, 0.25) is 0 Å². The molecule has 0 aliphatic carbocycles. The van der Waals surface area contributed by atoms with E-state index >= 15 is 0 Å². The minimum Gasteiger partial charge on any atom is -0.496 e. The molecule has 0 amide bonds. The van der Waals surface area contributed by atoms with Crippen LogP contribution in [0.15, 0.2) is 72.8 Å². The Morgan fingerprint density at radius 1 is 1.07 bits per heavy atom. The number of esters is 1. The van der Waals surface area contributed by atoms with Gasteiger partial charge in [-0.1, -0.05) is 30.3 Å². The van der Waals surface area contributed by atoms with Crippen molar-refractivity contribution in [2.45, 2.75) is 0 Å². The minimum absolute atomic E-state index is 0.0666. The molecule has 0 bridgehead atoms. The number of carbonyl (C=O) groups excluding carboxylic acids is 1. The van der Waals surface area contributed by atoms with E-state index < -0.39 is 10.9 Å². The zero-order chi connectivity index (χ0) is 21.5. The molecule has 0 atom stereocenters. The van der Waals surface area contributed by atoms with Crippen molar-refractivity contribution in [2.24, 2.45) is 0 Å². The highest BCUT2D eigenvalue weighted by Gasteiger charge is 2.14. The lowest BCUT2D eigenvalue weighted by atomic mass is 10.0. The third-order valence-electron chi connectivity index (χ3n) is 4.19. The second kappa shape index (κ2) is 9.17. The van der Waals surface area contributed by atoms with Crippen molar-refractivity contribution in [1.82, 2.24) is 0 Å². The van der Waals surface area contributed by atoms with E-state index in [4.69, 9.17) is 9.47 Å². The van der Waals surface area contributed by atoms with Crippen LogP contribution in [0.5, 0.6) is 11.5 Å². The highest BCUT2D eigenvalue weighted by Crippen LogP contribution is 2.28. The van der Waals surface area contributed by atoms with Crippen LogP contribution in [0, 0.1) is 21.4 Å². The Kier molecular flexibility index (Phi) is 6.20. The lowest BCUT2D eigenvalue weighted by molar-refractivity contribution is -0.384. The Morgan fingerprint density at radius 2 is 1.83 bits per heavy atom. The maximum Gasteiger partial charge on any atom is 0.343 e. The number of nitro groups is 1. The molecule has 0 saturated carbocycles. The van der Waals surface area contributed by atoms with Gasteiger partial charge in [0.15, 0.2) is 0 Å². The molecule has 0 N–H and O–H groups in total. The summed E-state index contributed by atoms with van der Waals surface area (Å²) < 4.78 is 10.7. The maximum absolute atomic E-state index is 12.4. The zero-order valence-electron chi connectivity index (χ0n) is 15.9. The summed E-state index contributed by atoms with van der Waals surface area (Å²) in [6.07, 6.45) is 1.66. The molecule has 0 spiro atoms. The first-order valence-corrected chi connectivity index (χ1v) is 8.83. The van der Waals surface area contributed by atoms with E-state index in [1.165, 1.54) is 25.3 Å². The highest BCUT2D eigenvalue weighted by atomic mass is 16.6. The number of carbonyl (C=O) groups is 1. The van der Waals surface area contributed by atoms with Crippen molar-refractivity contribution < 1.29 is 19.2 Å². The van der Waals surface area contributed by atoms with Gasteiger partial charge in [-0.2, -0.15) is 5.26 Å². The number of rotatable bonds is 6. The van der Waals surface area contributed by atoms with E-state index in [1.807, 2.05) is 6.07 Å². The van der Waals surface area contributed by atoms with Crippen LogP contribution < -0.4 is 9.47 Å². The molecular weight excluding hydrogens is 384 g/mol. The predicted molar refractivity (Wildman–Crippen MR) is 111 cm³/mol. The summed E-state index contributed by atoms with van der Waals surface area (Å²) in [6.45, 7) is 0. The molecule has 0 saturated heterocycles. The largest absolute Gasteiger partial charge is 0.496 e. The van der Waals surface area contributed by atoms with E-state index in [0.29, 0.717) is 22.4 Å².